The Kier molecular flexibility index (Phi) is 3.90. The molecule has 1 aromatic rings. The van der Waals surface area contributed by atoms with Crippen LogP contribution in [0.25, 0.3) is 0 Å². The van der Waals surface area contributed by atoms with E-state index in [4.69, 9.17) is 4.74 Å². The first-order chi connectivity index (χ1) is 11.2. The highest BCUT2D eigenvalue weighted by Gasteiger charge is 2.56. The van der Waals surface area contributed by atoms with Crippen molar-refractivity contribution in [3.05, 3.63) is 35.9 Å². The molecule has 3 aliphatic heterocycles. The molecule has 3 heterocycles. The maximum atomic E-state index is 13.0. The minimum Gasteiger partial charge on any atom is -0.381 e. The molecule has 23 heavy (non-hydrogen) atoms. The van der Waals surface area contributed by atoms with Crippen molar-refractivity contribution in [2.45, 2.75) is 18.8 Å². The van der Waals surface area contributed by atoms with Crippen molar-refractivity contribution in [3.63, 3.8) is 0 Å². The molecule has 3 fully saturated rings. The van der Waals surface area contributed by atoms with Gasteiger partial charge in [0.25, 0.3) is 0 Å². The normalized spacial score (nSPS) is 34.8. The van der Waals surface area contributed by atoms with Crippen molar-refractivity contribution in [3.8, 4) is 0 Å². The number of carbonyl (C=O) groups is 1. The molecule has 0 aliphatic carbocycles. The third-order valence-corrected chi connectivity index (χ3v) is 6.02. The van der Waals surface area contributed by atoms with Crippen LogP contribution in [-0.4, -0.2) is 62.1 Å². The SMILES string of the molecule is CN1CC[C@]2(CN(C[C@@H]3CCOC3)C[C@H]2c2ccccc2)C1=O. The van der Waals surface area contributed by atoms with E-state index in [-0.39, 0.29) is 5.41 Å². The van der Waals surface area contributed by atoms with E-state index in [9.17, 15) is 4.79 Å². The van der Waals surface area contributed by atoms with Gasteiger partial charge in [-0.2, -0.15) is 0 Å². The Bertz CT molecular complexity index is 570. The second-order valence-corrected chi connectivity index (χ2v) is 7.52. The summed E-state index contributed by atoms with van der Waals surface area (Å²) in [6.45, 7) is 5.65. The molecule has 0 saturated carbocycles. The maximum Gasteiger partial charge on any atom is 0.230 e. The summed E-state index contributed by atoms with van der Waals surface area (Å²) in [5.74, 6) is 1.30. The van der Waals surface area contributed by atoms with E-state index in [0.717, 1.165) is 52.2 Å². The van der Waals surface area contributed by atoms with Crippen LogP contribution < -0.4 is 0 Å². The molecule has 4 rings (SSSR count). The second-order valence-electron chi connectivity index (χ2n) is 7.52. The Labute approximate surface area is 138 Å². The first-order valence-electron chi connectivity index (χ1n) is 8.80. The van der Waals surface area contributed by atoms with Gasteiger partial charge in [-0.05, 0) is 24.3 Å². The fourth-order valence-electron chi connectivity index (χ4n) is 4.77. The number of benzene rings is 1. The number of amides is 1. The van der Waals surface area contributed by atoms with E-state index in [1.54, 1.807) is 0 Å². The summed E-state index contributed by atoms with van der Waals surface area (Å²) in [5, 5.41) is 0. The lowest BCUT2D eigenvalue weighted by Gasteiger charge is -2.28. The lowest BCUT2D eigenvalue weighted by molar-refractivity contribution is -0.135. The van der Waals surface area contributed by atoms with Crippen LogP contribution in [0.1, 0.15) is 24.3 Å². The second kappa shape index (κ2) is 5.91. The zero-order valence-corrected chi connectivity index (χ0v) is 13.9. The fourth-order valence-corrected chi connectivity index (χ4v) is 4.77. The summed E-state index contributed by atoms with van der Waals surface area (Å²) in [7, 11) is 1.95. The number of hydrogen-bond donors (Lipinski definition) is 0. The predicted octanol–water partition coefficient (Wildman–Crippen LogP) is 1.97. The van der Waals surface area contributed by atoms with Gasteiger partial charge in [-0.1, -0.05) is 30.3 Å². The van der Waals surface area contributed by atoms with Crippen molar-refractivity contribution in [2.75, 3.05) is 46.4 Å². The van der Waals surface area contributed by atoms with Crippen LogP contribution in [0.2, 0.25) is 0 Å². The zero-order chi connectivity index (χ0) is 15.9. The number of hydrogen-bond acceptors (Lipinski definition) is 3. The third-order valence-electron chi connectivity index (χ3n) is 6.02. The zero-order valence-electron chi connectivity index (χ0n) is 13.9. The third kappa shape index (κ3) is 2.58. The van der Waals surface area contributed by atoms with E-state index in [1.165, 1.54) is 5.56 Å². The number of carbonyl (C=O) groups excluding carboxylic acids is 1. The molecule has 3 saturated heterocycles. The van der Waals surface area contributed by atoms with E-state index in [0.29, 0.717) is 17.7 Å². The molecule has 3 aliphatic rings. The van der Waals surface area contributed by atoms with E-state index in [2.05, 4.69) is 35.2 Å². The van der Waals surface area contributed by atoms with E-state index < -0.39 is 0 Å². The molecule has 0 aromatic heterocycles. The lowest BCUT2D eigenvalue weighted by atomic mass is 9.73. The minimum absolute atomic E-state index is 0.213. The fraction of sp³-hybridized carbons (Fsp3) is 0.632. The Morgan fingerprint density at radius 3 is 2.78 bits per heavy atom. The van der Waals surface area contributed by atoms with Gasteiger partial charge in [-0.15, -0.1) is 0 Å². The quantitative estimate of drug-likeness (QED) is 0.855. The highest BCUT2D eigenvalue weighted by atomic mass is 16.5. The first kappa shape index (κ1) is 15.2. The molecule has 4 nitrogen and oxygen atoms in total. The van der Waals surface area contributed by atoms with Crippen molar-refractivity contribution in [1.29, 1.82) is 0 Å². The molecule has 4 heteroatoms. The highest BCUT2D eigenvalue weighted by molar-refractivity contribution is 5.86. The molecule has 1 amide bonds. The summed E-state index contributed by atoms with van der Waals surface area (Å²) >= 11 is 0. The number of ether oxygens (including phenoxy) is 1. The van der Waals surface area contributed by atoms with Gasteiger partial charge in [-0.3, -0.25) is 4.79 Å². The van der Waals surface area contributed by atoms with Gasteiger partial charge in [0.2, 0.25) is 5.91 Å². The Hall–Kier alpha value is -1.39. The van der Waals surface area contributed by atoms with Crippen LogP contribution >= 0.6 is 0 Å². The van der Waals surface area contributed by atoms with Crippen LogP contribution in [0.5, 0.6) is 0 Å². The van der Waals surface area contributed by atoms with E-state index in [1.807, 2.05) is 11.9 Å². The molecule has 0 unspecified atom stereocenters. The Balaban J connectivity index is 1.60. The van der Waals surface area contributed by atoms with Crippen LogP contribution in [0.3, 0.4) is 0 Å². The van der Waals surface area contributed by atoms with Crippen LogP contribution in [0, 0.1) is 11.3 Å². The van der Waals surface area contributed by atoms with Crippen LogP contribution in [0.4, 0.5) is 0 Å². The summed E-state index contributed by atoms with van der Waals surface area (Å²) in [6.07, 6.45) is 2.15. The molecular formula is C19H26N2O2. The average Bonchev–Trinajstić information content (AvgIpc) is 3.27. The average molecular weight is 314 g/mol. The monoisotopic (exact) mass is 314 g/mol. The van der Waals surface area contributed by atoms with Gasteiger partial charge in [0, 0.05) is 45.8 Å². The summed E-state index contributed by atoms with van der Waals surface area (Å²) in [5.41, 5.74) is 1.11. The summed E-state index contributed by atoms with van der Waals surface area (Å²) in [4.78, 5) is 17.4. The van der Waals surface area contributed by atoms with Gasteiger partial charge in [0.1, 0.15) is 0 Å². The molecule has 124 valence electrons. The molecule has 0 N–H and O–H groups in total. The smallest absolute Gasteiger partial charge is 0.230 e. The molecule has 0 radical (unpaired) electrons. The summed E-state index contributed by atoms with van der Waals surface area (Å²) < 4.78 is 5.53. The Morgan fingerprint density at radius 2 is 2.13 bits per heavy atom. The first-order valence-corrected chi connectivity index (χ1v) is 8.80. The molecule has 3 atom stereocenters. The van der Waals surface area contributed by atoms with Crippen molar-refractivity contribution < 1.29 is 9.53 Å². The molecular weight excluding hydrogens is 288 g/mol. The highest BCUT2D eigenvalue weighted by Crippen LogP contribution is 2.49. The topological polar surface area (TPSA) is 32.8 Å². The van der Waals surface area contributed by atoms with Crippen LogP contribution in [-0.2, 0) is 9.53 Å². The van der Waals surface area contributed by atoms with Gasteiger partial charge >= 0.3 is 0 Å². The standard InChI is InChI=1S/C19H26N2O2/c1-20-9-8-19(18(20)22)14-21(11-15-7-10-23-13-15)12-17(19)16-5-3-2-4-6-16/h2-6,15,17H,7-14H2,1H3/t15-,17-,19+/m0/s1. The molecule has 1 aromatic carbocycles. The summed E-state index contributed by atoms with van der Waals surface area (Å²) in [6, 6.07) is 10.6. The van der Waals surface area contributed by atoms with Gasteiger partial charge in [0.05, 0.1) is 12.0 Å². The van der Waals surface area contributed by atoms with Gasteiger partial charge in [-0.25, -0.2) is 0 Å². The molecule has 0 bridgehead atoms. The van der Waals surface area contributed by atoms with Gasteiger partial charge in [0.15, 0.2) is 0 Å². The number of likely N-dealkylation sites (tertiary alicyclic amines) is 2. The van der Waals surface area contributed by atoms with Crippen molar-refractivity contribution >= 4 is 5.91 Å². The number of nitrogens with zero attached hydrogens (tertiary/aromatic N) is 2. The maximum absolute atomic E-state index is 13.0. The van der Waals surface area contributed by atoms with Crippen LogP contribution in [0.15, 0.2) is 30.3 Å². The molecule has 1 spiro atoms. The largest absolute Gasteiger partial charge is 0.381 e. The predicted molar refractivity (Wildman–Crippen MR) is 89.2 cm³/mol. The number of rotatable bonds is 3. The minimum atomic E-state index is -0.213. The van der Waals surface area contributed by atoms with E-state index >= 15 is 0 Å². The van der Waals surface area contributed by atoms with Crippen molar-refractivity contribution in [2.24, 2.45) is 11.3 Å². The lowest BCUT2D eigenvalue weighted by Crippen LogP contribution is -2.38. The Morgan fingerprint density at radius 1 is 1.30 bits per heavy atom. The van der Waals surface area contributed by atoms with Crippen molar-refractivity contribution in [1.82, 2.24) is 9.80 Å². The van der Waals surface area contributed by atoms with Gasteiger partial charge < -0.3 is 14.5 Å².